The lowest BCUT2D eigenvalue weighted by Crippen LogP contribution is -2.22. The van der Waals surface area contributed by atoms with Crippen LogP contribution in [0.25, 0.3) is 0 Å². The lowest BCUT2D eigenvalue weighted by molar-refractivity contribution is 0.410. The maximum atomic E-state index is 5.44. The van der Waals surface area contributed by atoms with Gasteiger partial charge in [-0.2, -0.15) is 5.10 Å². The number of benzene rings is 1. The number of aryl methyl sites for hydroxylation is 2. The second kappa shape index (κ2) is 7.09. The van der Waals surface area contributed by atoms with Gasteiger partial charge in [0.15, 0.2) is 0 Å². The maximum absolute atomic E-state index is 5.44. The molecule has 1 aromatic heterocycles. The van der Waals surface area contributed by atoms with Gasteiger partial charge in [0.05, 0.1) is 29.5 Å². The lowest BCUT2D eigenvalue weighted by Gasteiger charge is -2.20. The van der Waals surface area contributed by atoms with Crippen molar-refractivity contribution in [3.05, 3.63) is 45.7 Å². The van der Waals surface area contributed by atoms with E-state index in [-0.39, 0.29) is 6.04 Å². The highest BCUT2D eigenvalue weighted by Crippen LogP contribution is 2.31. The standard InChI is InChI=1S/C16H22BrN3O/c1-5-8-20-16(13(17)10-19-20)15(18-3)12-7-6-11(2)14(9-12)21-4/h6-7,9-10,15,18H,5,8H2,1-4H3. The third-order valence-electron chi connectivity index (χ3n) is 3.60. The Morgan fingerprint density at radius 3 is 2.81 bits per heavy atom. The normalized spacial score (nSPS) is 12.4. The van der Waals surface area contributed by atoms with Gasteiger partial charge in [0.25, 0.3) is 0 Å². The first-order valence-electron chi connectivity index (χ1n) is 7.15. The highest BCUT2D eigenvalue weighted by atomic mass is 79.9. The van der Waals surface area contributed by atoms with Crippen LogP contribution in [0.15, 0.2) is 28.9 Å². The zero-order valence-electron chi connectivity index (χ0n) is 13.0. The molecule has 1 atom stereocenters. The van der Waals surface area contributed by atoms with Crippen LogP contribution in [0.4, 0.5) is 0 Å². The van der Waals surface area contributed by atoms with Crippen molar-refractivity contribution in [1.82, 2.24) is 15.1 Å². The van der Waals surface area contributed by atoms with Crippen LogP contribution in [0.5, 0.6) is 5.75 Å². The van der Waals surface area contributed by atoms with Gasteiger partial charge in [-0.05, 0) is 53.5 Å². The number of ether oxygens (including phenoxy) is 1. The first kappa shape index (κ1) is 16.0. The second-order valence-corrected chi connectivity index (χ2v) is 5.91. The molecule has 0 aliphatic carbocycles. The van der Waals surface area contributed by atoms with E-state index in [9.17, 15) is 0 Å². The van der Waals surface area contributed by atoms with E-state index >= 15 is 0 Å². The molecule has 21 heavy (non-hydrogen) atoms. The average molecular weight is 352 g/mol. The summed E-state index contributed by atoms with van der Waals surface area (Å²) in [7, 11) is 3.67. The van der Waals surface area contributed by atoms with Gasteiger partial charge in [0, 0.05) is 6.54 Å². The summed E-state index contributed by atoms with van der Waals surface area (Å²) in [6.45, 7) is 5.11. The molecule has 0 aliphatic heterocycles. The molecule has 1 unspecified atom stereocenters. The zero-order valence-corrected chi connectivity index (χ0v) is 14.6. The highest BCUT2D eigenvalue weighted by molar-refractivity contribution is 9.10. The SMILES string of the molecule is CCCn1ncc(Br)c1C(NC)c1ccc(C)c(OC)c1. The van der Waals surface area contributed by atoms with Crippen molar-refractivity contribution < 1.29 is 4.74 Å². The summed E-state index contributed by atoms with van der Waals surface area (Å²) in [4.78, 5) is 0. The average Bonchev–Trinajstić information content (AvgIpc) is 2.83. The van der Waals surface area contributed by atoms with Gasteiger partial charge in [0.2, 0.25) is 0 Å². The Hall–Kier alpha value is -1.33. The van der Waals surface area contributed by atoms with Crippen LogP contribution in [0.3, 0.4) is 0 Å². The zero-order chi connectivity index (χ0) is 15.4. The summed E-state index contributed by atoms with van der Waals surface area (Å²) in [5.41, 5.74) is 3.45. The number of nitrogens with zero attached hydrogens (tertiary/aromatic N) is 2. The van der Waals surface area contributed by atoms with Crippen molar-refractivity contribution in [3.63, 3.8) is 0 Å². The first-order valence-corrected chi connectivity index (χ1v) is 7.94. The van der Waals surface area contributed by atoms with Crippen molar-refractivity contribution in [2.45, 2.75) is 32.9 Å². The largest absolute Gasteiger partial charge is 0.496 e. The van der Waals surface area contributed by atoms with Gasteiger partial charge in [-0.3, -0.25) is 4.68 Å². The summed E-state index contributed by atoms with van der Waals surface area (Å²) in [5.74, 6) is 0.908. The molecule has 0 saturated carbocycles. The van der Waals surface area contributed by atoms with E-state index in [0.29, 0.717) is 0 Å². The number of hydrogen-bond acceptors (Lipinski definition) is 3. The predicted octanol–water partition coefficient (Wildman–Crippen LogP) is 3.68. The van der Waals surface area contributed by atoms with Crippen LogP contribution < -0.4 is 10.1 Å². The minimum absolute atomic E-state index is 0.0722. The molecule has 0 radical (unpaired) electrons. The molecule has 114 valence electrons. The molecule has 0 spiro atoms. The van der Waals surface area contributed by atoms with E-state index in [0.717, 1.165) is 34.4 Å². The summed E-state index contributed by atoms with van der Waals surface area (Å²) >= 11 is 3.62. The highest BCUT2D eigenvalue weighted by Gasteiger charge is 2.21. The Bertz CT molecular complexity index is 610. The number of nitrogens with one attached hydrogen (secondary N) is 1. The molecule has 0 aliphatic rings. The molecular formula is C16H22BrN3O. The van der Waals surface area contributed by atoms with E-state index in [1.54, 1.807) is 7.11 Å². The smallest absolute Gasteiger partial charge is 0.122 e. The molecule has 1 aromatic carbocycles. The third-order valence-corrected chi connectivity index (χ3v) is 4.21. The Labute approximate surface area is 134 Å². The molecule has 0 bridgehead atoms. The van der Waals surface area contributed by atoms with Crippen LogP contribution in [0, 0.1) is 6.92 Å². The Morgan fingerprint density at radius 1 is 1.43 bits per heavy atom. The monoisotopic (exact) mass is 351 g/mol. The van der Waals surface area contributed by atoms with Crippen molar-refractivity contribution in [2.24, 2.45) is 0 Å². The fourth-order valence-electron chi connectivity index (χ4n) is 2.53. The number of aromatic nitrogens is 2. The number of hydrogen-bond donors (Lipinski definition) is 1. The van der Waals surface area contributed by atoms with Crippen molar-refractivity contribution >= 4 is 15.9 Å². The van der Waals surface area contributed by atoms with Crippen molar-refractivity contribution in [2.75, 3.05) is 14.2 Å². The minimum Gasteiger partial charge on any atom is -0.496 e. The molecule has 2 aromatic rings. The summed E-state index contributed by atoms with van der Waals surface area (Å²) < 4.78 is 8.52. The second-order valence-electron chi connectivity index (χ2n) is 5.05. The van der Waals surface area contributed by atoms with Gasteiger partial charge in [-0.25, -0.2) is 0 Å². The topological polar surface area (TPSA) is 39.1 Å². The van der Waals surface area contributed by atoms with Crippen molar-refractivity contribution in [1.29, 1.82) is 0 Å². The minimum atomic E-state index is 0.0722. The van der Waals surface area contributed by atoms with Gasteiger partial charge >= 0.3 is 0 Å². The predicted molar refractivity (Wildman–Crippen MR) is 88.9 cm³/mol. The van der Waals surface area contributed by atoms with E-state index in [2.05, 4.69) is 56.2 Å². The van der Waals surface area contributed by atoms with Crippen LogP contribution in [-0.4, -0.2) is 23.9 Å². The Balaban J connectivity index is 2.47. The van der Waals surface area contributed by atoms with Gasteiger partial charge in [-0.1, -0.05) is 19.1 Å². The summed E-state index contributed by atoms with van der Waals surface area (Å²) in [6, 6.07) is 6.39. The van der Waals surface area contributed by atoms with Crippen molar-refractivity contribution in [3.8, 4) is 5.75 Å². The van der Waals surface area contributed by atoms with Gasteiger partial charge < -0.3 is 10.1 Å². The van der Waals surface area contributed by atoms with Gasteiger partial charge in [0.1, 0.15) is 5.75 Å². The molecular weight excluding hydrogens is 330 g/mol. The van der Waals surface area contributed by atoms with E-state index in [1.807, 2.05) is 20.2 Å². The van der Waals surface area contributed by atoms with Crippen LogP contribution >= 0.6 is 15.9 Å². The van der Waals surface area contributed by atoms with Crippen LogP contribution in [0.1, 0.15) is 36.2 Å². The molecule has 0 amide bonds. The van der Waals surface area contributed by atoms with E-state index in [4.69, 9.17) is 4.74 Å². The quantitative estimate of drug-likeness (QED) is 0.862. The Morgan fingerprint density at radius 2 is 2.19 bits per heavy atom. The molecule has 2 rings (SSSR count). The number of halogens is 1. The Kier molecular flexibility index (Phi) is 5.42. The molecule has 1 N–H and O–H groups in total. The van der Waals surface area contributed by atoms with Gasteiger partial charge in [-0.15, -0.1) is 0 Å². The molecule has 4 nitrogen and oxygen atoms in total. The molecule has 5 heteroatoms. The summed E-state index contributed by atoms with van der Waals surface area (Å²) in [6.07, 6.45) is 2.91. The van der Waals surface area contributed by atoms with Crippen LogP contribution in [0.2, 0.25) is 0 Å². The molecule has 1 heterocycles. The molecule has 0 saturated heterocycles. The number of rotatable bonds is 6. The fraction of sp³-hybridized carbons (Fsp3) is 0.438. The summed E-state index contributed by atoms with van der Waals surface area (Å²) in [5, 5.41) is 7.84. The first-order chi connectivity index (χ1) is 10.1. The molecule has 0 fully saturated rings. The maximum Gasteiger partial charge on any atom is 0.122 e. The van der Waals surface area contributed by atoms with Crippen LogP contribution in [-0.2, 0) is 6.54 Å². The van der Waals surface area contributed by atoms with E-state index < -0.39 is 0 Å². The van der Waals surface area contributed by atoms with E-state index in [1.165, 1.54) is 5.56 Å². The lowest BCUT2D eigenvalue weighted by atomic mass is 10.0. The third kappa shape index (κ3) is 3.30. The number of methoxy groups -OCH3 is 1. The fourth-order valence-corrected chi connectivity index (χ4v) is 3.05.